The maximum Gasteiger partial charge on any atom is -0.00258 e. The van der Waals surface area contributed by atoms with Crippen molar-refractivity contribution in [3.63, 3.8) is 0 Å². The first-order valence-corrected chi connectivity index (χ1v) is 7.87. The van der Waals surface area contributed by atoms with Gasteiger partial charge in [0.15, 0.2) is 0 Å². The molecular formula is C21H20. The molecule has 0 aromatic heterocycles. The van der Waals surface area contributed by atoms with Crippen LogP contribution in [-0.4, -0.2) is 0 Å². The zero-order valence-electron chi connectivity index (χ0n) is 12.2. The van der Waals surface area contributed by atoms with Crippen LogP contribution in [0.5, 0.6) is 0 Å². The Labute approximate surface area is 126 Å². The Kier molecular flexibility index (Phi) is 3.23. The summed E-state index contributed by atoms with van der Waals surface area (Å²) in [6.45, 7) is 0. The van der Waals surface area contributed by atoms with Crippen molar-refractivity contribution in [2.75, 3.05) is 0 Å². The molecule has 21 heavy (non-hydrogen) atoms. The van der Waals surface area contributed by atoms with E-state index in [-0.39, 0.29) is 0 Å². The van der Waals surface area contributed by atoms with Gasteiger partial charge >= 0.3 is 0 Å². The molecule has 0 heterocycles. The van der Waals surface area contributed by atoms with Crippen molar-refractivity contribution in [2.24, 2.45) is 11.8 Å². The van der Waals surface area contributed by atoms with Crippen molar-refractivity contribution < 1.29 is 0 Å². The molecule has 2 aliphatic carbocycles. The molecule has 4 rings (SSSR count). The molecule has 0 aliphatic heterocycles. The Balaban J connectivity index is 1.43. The molecule has 0 saturated heterocycles. The maximum atomic E-state index is 2.47. The van der Waals surface area contributed by atoms with Crippen LogP contribution in [0.3, 0.4) is 0 Å². The Morgan fingerprint density at radius 2 is 1.38 bits per heavy atom. The molecule has 0 amide bonds. The van der Waals surface area contributed by atoms with Crippen molar-refractivity contribution in [3.8, 4) is 0 Å². The van der Waals surface area contributed by atoms with Gasteiger partial charge in [0.05, 0.1) is 0 Å². The van der Waals surface area contributed by atoms with E-state index in [2.05, 4.69) is 72.8 Å². The molecule has 2 aromatic carbocycles. The lowest BCUT2D eigenvalue weighted by atomic mass is 9.98. The normalized spacial score (nSPS) is 22.6. The van der Waals surface area contributed by atoms with Crippen LogP contribution in [0, 0.1) is 11.8 Å². The summed E-state index contributed by atoms with van der Waals surface area (Å²) in [5, 5.41) is 0. The Morgan fingerprint density at radius 3 is 2.10 bits per heavy atom. The van der Waals surface area contributed by atoms with Crippen LogP contribution in [0.25, 0.3) is 0 Å². The molecule has 0 bridgehead atoms. The van der Waals surface area contributed by atoms with Crippen molar-refractivity contribution in [1.29, 1.82) is 0 Å². The zero-order valence-corrected chi connectivity index (χ0v) is 12.2. The summed E-state index contributed by atoms with van der Waals surface area (Å²) in [5.74, 6) is 1.71. The molecule has 104 valence electrons. The third-order valence-electron chi connectivity index (χ3n) is 4.56. The largest absolute Gasteiger partial charge is 0.0805 e. The first-order chi connectivity index (χ1) is 10.4. The van der Waals surface area contributed by atoms with Gasteiger partial charge < -0.3 is 0 Å². The predicted octanol–water partition coefficient (Wildman–Crippen LogP) is 4.95. The molecule has 2 unspecified atom stereocenters. The Bertz CT molecular complexity index is 674. The first kappa shape index (κ1) is 12.6. The summed E-state index contributed by atoms with van der Waals surface area (Å²) in [4.78, 5) is 0. The van der Waals surface area contributed by atoms with Crippen molar-refractivity contribution in [1.82, 2.24) is 0 Å². The number of hydrogen-bond donors (Lipinski definition) is 0. The van der Waals surface area contributed by atoms with E-state index < -0.39 is 0 Å². The molecule has 0 heteroatoms. The number of rotatable bonds is 4. The van der Waals surface area contributed by atoms with E-state index in [4.69, 9.17) is 0 Å². The molecule has 2 aliphatic rings. The van der Waals surface area contributed by atoms with Crippen molar-refractivity contribution in [2.45, 2.75) is 19.3 Å². The second-order valence-corrected chi connectivity index (χ2v) is 6.32. The van der Waals surface area contributed by atoms with E-state index in [1.807, 2.05) is 0 Å². The van der Waals surface area contributed by atoms with Gasteiger partial charge in [0.25, 0.3) is 0 Å². The first-order valence-electron chi connectivity index (χ1n) is 7.87. The minimum atomic E-state index is 0.849. The number of benzene rings is 2. The van der Waals surface area contributed by atoms with Crippen LogP contribution in [0.2, 0.25) is 0 Å². The highest BCUT2D eigenvalue weighted by Crippen LogP contribution is 2.44. The highest BCUT2D eigenvalue weighted by atomic mass is 14.4. The molecule has 0 radical (unpaired) electrons. The monoisotopic (exact) mass is 272 g/mol. The van der Waals surface area contributed by atoms with Gasteiger partial charge in [0.2, 0.25) is 0 Å². The SMILES string of the molecule is C1=CC2CC2C=C1Cc1ccc(Cc2ccccc2)cc1. The van der Waals surface area contributed by atoms with Gasteiger partial charge in [-0.1, -0.05) is 72.8 Å². The standard InChI is InChI=1S/C21H20/c1-2-4-16(5-3-1)12-17-6-8-18(9-7-17)13-19-10-11-20-15-21(20)14-19/h1-11,14,20-21H,12-13,15H2. The van der Waals surface area contributed by atoms with E-state index in [9.17, 15) is 0 Å². The van der Waals surface area contributed by atoms with Crippen LogP contribution in [0.15, 0.2) is 78.4 Å². The summed E-state index contributed by atoms with van der Waals surface area (Å²) in [7, 11) is 0. The average Bonchev–Trinajstić information content (AvgIpc) is 3.29. The van der Waals surface area contributed by atoms with E-state index in [0.29, 0.717) is 0 Å². The van der Waals surface area contributed by atoms with E-state index in [0.717, 1.165) is 24.7 Å². The summed E-state index contributed by atoms with van der Waals surface area (Å²) in [5.41, 5.74) is 5.68. The highest BCUT2D eigenvalue weighted by molar-refractivity contribution is 5.36. The number of allylic oxidation sites excluding steroid dienone is 4. The lowest BCUT2D eigenvalue weighted by Crippen LogP contribution is -1.94. The Hall–Kier alpha value is -2.08. The molecule has 2 atom stereocenters. The zero-order chi connectivity index (χ0) is 14.1. The molecule has 1 saturated carbocycles. The van der Waals surface area contributed by atoms with E-state index in [1.54, 1.807) is 0 Å². The minimum absolute atomic E-state index is 0.849. The van der Waals surface area contributed by atoms with Crippen LogP contribution in [-0.2, 0) is 12.8 Å². The quantitative estimate of drug-likeness (QED) is 0.738. The fourth-order valence-corrected chi connectivity index (χ4v) is 3.19. The summed E-state index contributed by atoms with van der Waals surface area (Å²) in [6.07, 6.45) is 10.7. The molecule has 0 spiro atoms. The lowest BCUT2D eigenvalue weighted by Gasteiger charge is -2.08. The third kappa shape index (κ3) is 3.00. The smallest absolute Gasteiger partial charge is 0.00258 e. The van der Waals surface area contributed by atoms with Gasteiger partial charge in [-0.05, 0) is 53.4 Å². The second kappa shape index (κ2) is 5.37. The predicted molar refractivity (Wildman–Crippen MR) is 88.2 cm³/mol. The van der Waals surface area contributed by atoms with Gasteiger partial charge in [-0.15, -0.1) is 0 Å². The molecule has 0 nitrogen and oxygen atoms in total. The van der Waals surface area contributed by atoms with Gasteiger partial charge in [-0.3, -0.25) is 0 Å². The topological polar surface area (TPSA) is 0 Å². The fourth-order valence-electron chi connectivity index (χ4n) is 3.19. The van der Waals surface area contributed by atoms with Gasteiger partial charge in [-0.2, -0.15) is 0 Å². The lowest BCUT2D eigenvalue weighted by molar-refractivity contribution is 0.948. The van der Waals surface area contributed by atoms with Crippen LogP contribution in [0.4, 0.5) is 0 Å². The average molecular weight is 272 g/mol. The maximum absolute atomic E-state index is 2.47. The van der Waals surface area contributed by atoms with Crippen molar-refractivity contribution in [3.05, 3.63) is 95.1 Å². The minimum Gasteiger partial charge on any atom is -0.0805 e. The summed E-state index contributed by atoms with van der Waals surface area (Å²) in [6, 6.07) is 19.8. The fraction of sp³-hybridized carbons (Fsp3) is 0.238. The van der Waals surface area contributed by atoms with E-state index in [1.165, 1.54) is 28.7 Å². The second-order valence-electron chi connectivity index (χ2n) is 6.32. The molecule has 1 fully saturated rings. The van der Waals surface area contributed by atoms with Gasteiger partial charge in [-0.25, -0.2) is 0 Å². The highest BCUT2D eigenvalue weighted by Gasteiger charge is 2.34. The number of fused-ring (bicyclic) bond motifs is 1. The Morgan fingerprint density at radius 1 is 0.714 bits per heavy atom. The molecular weight excluding hydrogens is 252 g/mol. The van der Waals surface area contributed by atoms with Crippen LogP contribution < -0.4 is 0 Å². The van der Waals surface area contributed by atoms with Gasteiger partial charge in [0.1, 0.15) is 0 Å². The van der Waals surface area contributed by atoms with Gasteiger partial charge in [0, 0.05) is 0 Å². The molecule has 0 N–H and O–H groups in total. The van der Waals surface area contributed by atoms with Crippen LogP contribution >= 0.6 is 0 Å². The molecule has 2 aromatic rings. The summed E-state index contributed by atoms with van der Waals surface area (Å²) >= 11 is 0. The summed E-state index contributed by atoms with van der Waals surface area (Å²) < 4.78 is 0. The van der Waals surface area contributed by atoms with Crippen molar-refractivity contribution >= 4 is 0 Å². The van der Waals surface area contributed by atoms with Crippen LogP contribution in [0.1, 0.15) is 23.1 Å². The number of hydrogen-bond acceptors (Lipinski definition) is 0. The third-order valence-corrected chi connectivity index (χ3v) is 4.56. The van der Waals surface area contributed by atoms with E-state index >= 15 is 0 Å².